The minimum Gasteiger partial charge on any atom is -0.496 e. The molecular formula is C12H15N3O2. The number of anilines is 1. The van der Waals surface area contributed by atoms with Crippen LogP contribution in [0.3, 0.4) is 0 Å². The van der Waals surface area contributed by atoms with Crippen LogP contribution >= 0.6 is 0 Å². The van der Waals surface area contributed by atoms with Gasteiger partial charge in [0, 0.05) is 19.3 Å². The number of benzene rings is 1. The average molecular weight is 233 g/mol. The number of nitriles is 1. The Kier molecular flexibility index (Phi) is 4.35. The van der Waals surface area contributed by atoms with E-state index in [0.29, 0.717) is 23.5 Å². The van der Waals surface area contributed by atoms with E-state index in [4.69, 9.17) is 15.7 Å². The van der Waals surface area contributed by atoms with E-state index in [1.165, 1.54) is 12.0 Å². The summed E-state index contributed by atoms with van der Waals surface area (Å²) in [7, 11) is 3.12. The molecule has 1 aromatic rings. The minimum absolute atomic E-state index is 0.241. The van der Waals surface area contributed by atoms with E-state index in [9.17, 15) is 4.79 Å². The van der Waals surface area contributed by atoms with Gasteiger partial charge in [-0.3, -0.25) is 4.79 Å². The van der Waals surface area contributed by atoms with Crippen LogP contribution in [-0.2, 0) is 0 Å². The average Bonchev–Trinajstić information content (AvgIpc) is 2.34. The number of ether oxygens (including phenoxy) is 1. The molecule has 0 aliphatic heterocycles. The minimum atomic E-state index is -0.241. The van der Waals surface area contributed by atoms with Gasteiger partial charge in [0.2, 0.25) is 0 Å². The molecule has 0 bridgehead atoms. The zero-order chi connectivity index (χ0) is 12.8. The van der Waals surface area contributed by atoms with Crippen LogP contribution in [-0.4, -0.2) is 31.5 Å². The van der Waals surface area contributed by atoms with Crippen molar-refractivity contribution in [2.75, 3.05) is 26.4 Å². The first-order chi connectivity index (χ1) is 8.11. The van der Waals surface area contributed by atoms with Crippen LogP contribution < -0.4 is 10.5 Å². The van der Waals surface area contributed by atoms with Gasteiger partial charge in [-0.1, -0.05) is 6.07 Å². The highest BCUT2D eigenvalue weighted by molar-refractivity contribution is 6.01. The highest BCUT2D eigenvalue weighted by atomic mass is 16.5. The summed E-state index contributed by atoms with van der Waals surface area (Å²) in [5.74, 6) is 0.203. The van der Waals surface area contributed by atoms with Crippen molar-refractivity contribution in [3.8, 4) is 11.8 Å². The molecule has 0 saturated carbocycles. The van der Waals surface area contributed by atoms with Gasteiger partial charge in [0.1, 0.15) is 11.3 Å². The van der Waals surface area contributed by atoms with E-state index in [0.717, 1.165) is 0 Å². The molecule has 5 heteroatoms. The summed E-state index contributed by atoms with van der Waals surface area (Å²) in [6, 6.07) is 7.04. The number of hydrogen-bond acceptors (Lipinski definition) is 4. The fraction of sp³-hybridized carbons (Fsp3) is 0.333. The topological polar surface area (TPSA) is 79.3 Å². The van der Waals surface area contributed by atoms with Gasteiger partial charge in [-0.15, -0.1) is 0 Å². The van der Waals surface area contributed by atoms with Crippen LogP contribution in [0.2, 0.25) is 0 Å². The summed E-state index contributed by atoms with van der Waals surface area (Å²) in [5.41, 5.74) is 6.49. The number of nitrogens with two attached hydrogens (primary N) is 1. The Labute approximate surface area is 100 Å². The molecule has 0 atom stereocenters. The van der Waals surface area contributed by atoms with E-state index in [2.05, 4.69) is 0 Å². The van der Waals surface area contributed by atoms with Crippen molar-refractivity contribution < 1.29 is 9.53 Å². The highest BCUT2D eigenvalue weighted by Crippen LogP contribution is 2.25. The first-order valence-corrected chi connectivity index (χ1v) is 5.16. The summed E-state index contributed by atoms with van der Waals surface area (Å²) < 4.78 is 5.11. The first-order valence-electron chi connectivity index (χ1n) is 5.16. The molecule has 1 amide bonds. The third kappa shape index (κ3) is 2.88. The fourth-order valence-corrected chi connectivity index (χ4v) is 1.46. The van der Waals surface area contributed by atoms with E-state index in [1.807, 2.05) is 6.07 Å². The van der Waals surface area contributed by atoms with Gasteiger partial charge in [0.15, 0.2) is 0 Å². The summed E-state index contributed by atoms with van der Waals surface area (Å²) in [6.07, 6.45) is 0.289. The maximum atomic E-state index is 12.1. The van der Waals surface area contributed by atoms with Gasteiger partial charge in [0.25, 0.3) is 5.91 Å². The summed E-state index contributed by atoms with van der Waals surface area (Å²) >= 11 is 0. The molecule has 2 N–H and O–H groups in total. The van der Waals surface area contributed by atoms with Gasteiger partial charge < -0.3 is 15.4 Å². The van der Waals surface area contributed by atoms with Crippen molar-refractivity contribution in [1.82, 2.24) is 4.90 Å². The molecule has 0 saturated heterocycles. The van der Waals surface area contributed by atoms with Crippen molar-refractivity contribution in [2.24, 2.45) is 0 Å². The van der Waals surface area contributed by atoms with Crippen molar-refractivity contribution in [3.05, 3.63) is 23.8 Å². The summed E-state index contributed by atoms with van der Waals surface area (Å²) in [5, 5.41) is 8.49. The Hall–Kier alpha value is -2.22. The number of amides is 1. The number of nitrogens with zero attached hydrogens (tertiary/aromatic N) is 2. The Bertz CT molecular complexity index is 452. The largest absolute Gasteiger partial charge is 0.496 e. The highest BCUT2D eigenvalue weighted by Gasteiger charge is 2.19. The normalized spacial score (nSPS) is 9.47. The van der Waals surface area contributed by atoms with Crippen molar-refractivity contribution in [2.45, 2.75) is 6.42 Å². The molecule has 1 rings (SSSR count). The molecule has 0 aliphatic rings. The predicted octanol–water partition coefficient (Wildman–Crippen LogP) is 1.26. The zero-order valence-corrected chi connectivity index (χ0v) is 9.93. The monoisotopic (exact) mass is 233 g/mol. The third-order valence-corrected chi connectivity index (χ3v) is 2.40. The molecule has 0 spiro atoms. The third-order valence-electron chi connectivity index (χ3n) is 2.40. The number of methoxy groups -OCH3 is 1. The number of hydrogen-bond donors (Lipinski definition) is 1. The lowest BCUT2D eigenvalue weighted by Gasteiger charge is -2.18. The van der Waals surface area contributed by atoms with E-state index in [-0.39, 0.29) is 12.3 Å². The standard InChI is InChI=1S/C12H15N3O2/c1-15(8-4-7-13)12(16)11-9(14)5-3-6-10(11)17-2/h3,5-6H,4,8,14H2,1-2H3. The van der Waals surface area contributed by atoms with E-state index >= 15 is 0 Å². The molecule has 0 heterocycles. The fourth-order valence-electron chi connectivity index (χ4n) is 1.46. The molecule has 0 radical (unpaired) electrons. The lowest BCUT2D eigenvalue weighted by Crippen LogP contribution is -2.28. The molecule has 17 heavy (non-hydrogen) atoms. The lowest BCUT2D eigenvalue weighted by atomic mass is 10.1. The second-order valence-electron chi connectivity index (χ2n) is 3.56. The van der Waals surface area contributed by atoms with Crippen LogP contribution in [0.1, 0.15) is 16.8 Å². The Balaban J connectivity index is 2.99. The van der Waals surface area contributed by atoms with Crippen molar-refractivity contribution >= 4 is 11.6 Å². The molecule has 0 aliphatic carbocycles. The number of carbonyl (C=O) groups is 1. The molecule has 1 aromatic carbocycles. The van der Waals surface area contributed by atoms with Gasteiger partial charge >= 0.3 is 0 Å². The van der Waals surface area contributed by atoms with Crippen molar-refractivity contribution in [1.29, 1.82) is 5.26 Å². The maximum absolute atomic E-state index is 12.1. The first kappa shape index (κ1) is 12.8. The van der Waals surface area contributed by atoms with Crippen LogP contribution in [0.5, 0.6) is 5.75 Å². The van der Waals surface area contributed by atoms with Crippen LogP contribution in [0, 0.1) is 11.3 Å². The number of rotatable bonds is 4. The van der Waals surface area contributed by atoms with Gasteiger partial charge in [-0.2, -0.15) is 5.26 Å². The Morgan fingerprint density at radius 2 is 2.29 bits per heavy atom. The number of carbonyl (C=O) groups excluding carboxylic acids is 1. The second-order valence-corrected chi connectivity index (χ2v) is 3.56. The quantitative estimate of drug-likeness (QED) is 0.794. The van der Waals surface area contributed by atoms with Crippen LogP contribution in [0.15, 0.2) is 18.2 Å². The zero-order valence-electron chi connectivity index (χ0n) is 9.93. The van der Waals surface area contributed by atoms with E-state index < -0.39 is 0 Å². The summed E-state index contributed by atoms with van der Waals surface area (Å²) in [4.78, 5) is 13.6. The molecule has 0 unspecified atom stereocenters. The Morgan fingerprint density at radius 3 is 2.88 bits per heavy atom. The SMILES string of the molecule is COc1cccc(N)c1C(=O)N(C)CCC#N. The van der Waals surface area contributed by atoms with Gasteiger partial charge in [-0.25, -0.2) is 0 Å². The second kappa shape index (κ2) is 5.75. The molecular weight excluding hydrogens is 218 g/mol. The Morgan fingerprint density at radius 1 is 1.59 bits per heavy atom. The van der Waals surface area contributed by atoms with Crippen LogP contribution in [0.4, 0.5) is 5.69 Å². The molecule has 0 fully saturated rings. The molecule has 90 valence electrons. The van der Waals surface area contributed by atoms with Gasteiger partial charge in [-0.05, 0) is 12.1 Å². The van der Waals surface area contributed by atoms with E-state index in [1.54, 1.807) is 25.2 Å². The predicted molar refractivity (Wildman–Crippen MR) is 64.6 cm³/mol. The maximum Gasteiger partial charge on any atom is 0.259 e. The lowest BCUT2D eigenvalue weighted by molar-refractivity contribution is 0.0796. The van der Waals surface area contributed by atoms with Crippen LogP contribution in [0.25, 0.3) is 0 Å². The van der Waals surface area contributed by atoms with Gasteiger partial charge in [0.05, 0.1) is 19.6 Å². The van der Waals surface area contributed by atoms with Crippen molar-refractivity contribution in [3.63, 3.8) is 0 Å². The smallest absolute Gasteiger partial charge is 0.259 e. The number of nitrogen functional groups attached to an aromatic ring is 1. The molecule has 5 nitrogen and oxygen atoms in total. The summed E-state index contributed by atoms with van der Waals surface area (Å²) in [6.45, 7) is 0.368. The molecule has 0 aromatic heterocycles.